The lowest BCUT2D eigenvalue weighted by Crippen LogP contribution is -2.42. The molecule has 10 heteroatoms. The lowest BCUT2D eigenvalue weighted by atomic mass is 9.97. The maximum atomic E-state index is 13.8. The fourth-order valence-corrected chi connectivity index (χ4v) is 4.49. The van der Waals surface area contributed by atoms with E-state index in [1.54, 1.807) is 69.9 Å². The van der Waals surface area contributed by atoms with E-state index in [4.69, 9.17) is 24.0 Å². The van der Waals surface area contributed by atoms with Gasteiger partial charge in [0.1, 0.15) is 29.6 Å². The maximum Gasteiger partial charge on any atom is 0.262 e. The van der Waals surface area contributed by atoms with Crippen molar-refractivity contribution in [3.8, 4) is 17.2 Å². The van der Waals surface area contributed by atoms with Gasteiger partial charge in [0.25, 0.3) is 11.8 Å². The van der Waals surface area contributed by atoms with Gasteiger partial charge in [-0.2, -0.15) is 5.10 Å². The molecule has 1 heterocycles. The maximum absolute atomic E-state index is 13.8. The van der Waals surface area contributed by atoms with Crippen molar-refractivity contribution >= 4 is 17.5 Å². The second kappa shape index (κ2) is 13.1. The minimum absolute atomic E-state index is 0.199. The van der Waals surface area contributed by atoms with Crippen molar-refractivity contribution < 1.29 is 32.9 Å². The van der Waals surface area contributed by atoms with Crippen molar-refractivity contribution in [2.75, 3.05) is 48.1 Å². The van der Waals surface area contributed by atoms with Crippen LogP contribution in [0.4, 0.5) is 4.39 Å². The quantitative estimate of drug-likeness (QED) is 0.354. The van der Waals surface area contributed by atoms with E-state index in [1.165, 1.54) is 29.2 Å². The molecule has 0 fully saturated rings. The third-order valence-corrected chi connectivity index (χ3v) is 6.66. The van der Waals surface area contributed by atoms with Crippen LogP contribution in [0.1, 0.15) is 33.9 Å². The Morgan fingerprint density at radius 1 is 0.925 bits per heavy atom. The Balaban J connectivity index is 1.66. The van der Waals surface area contributed by atoms with Crippen molar-refractivity contribution in [2.24, 2.45) is 5.10 Å². The Bertz CT molecular complexity index is 1360. The third kappa shape index (κ3) is 6.40. The average molecular weight is 550 g/mol. The molecule has 0 saturated carbocycles. The summed E-state index contributed by atoms with van der Waals surface area (Å²) in [6, 6.07) is 17.5. The van der Waals surface area contributed by atoms with Gasteiger partial charge in [0, 0.05) is 37.3 Å². The predicted octanol–water partition coefficient (Wildman–Crippen LogP) is 4.32. The largest absolute Gasteiger partial charge is 0.497 e. The number of methoxy groups -OCH3 is 4. The summed E-state index contributed by atoms with van der Waals surface area (Å²) in [5.74, 6) is 0.676. The second-order valence-corrected chi connectivity index (χ2v) is 9.07. The zero-order chi connectivity index (χ0) is 28.6. The molecule has 1 aliphatic rings. The van der Waals surface area contributed by atoms with Crippen molar-refractivity contribution in [1.82, 2.24) is 9.91 Å². The van der Waals surface area contributed by atoms with Crippen molar-refractivity contribution in [3.05, 3.63) is 89.2 Å². The molecule has 0 radical (unpaired) electrons. The van der Waals surface area contributed by atoms with Crippen LogP contribution in [0.5, 0.6) is 17.2 Å². The van der Waals surface area contributed by atoms with E-state index in [1.807, 2.05) is 6.07 Å². The third-order valence-electron chi connectivity index (χ3n) is 6.66. The highest BCUT2D eigenvalue weighted by Crippen LogP contribution is 2.36. The molecule has 0 saturated heterocycles. The number of nitrogens with zero attached hydrogens (tertiary/aromatic N) is 3. The van der Waals surface area contributed by atoms with E-state index in [0.717, 1.165) is 0 Å². The number of hydrazone groups is 1. The molecule has 0 N–H and O–H groups in total. The number of benzene rings is 3. The molecule has 210 valence electrons. The molecule has 4 rings (SSSR count). The minimum Gasteiger partial charge on any atom is -0.497 e. The summed E-state index contributed by atoms with van der Waals surface area (Å²) >= 11 is 0. The van der Waals surface area contributed by atoms with E-state index in [0.29, 0.717) is 46.1 Å². The molecule has 0 unspecified atom stereocenters. The van der Waals surface area contributed by atoms with Crippen LogP contribution in [-0.4, -0.2) is 75.6 Å². The Labute approximate surface area is 232 Å². The number of ether oxygens (including phenoxy) is 4. The van der Waals surface area contributed by atoms with Gasteiger partial charge in [-0.25, -0.2) is 9.40 Å². The van der Waals surface area contributed by atoms with Crippen LogP contribution in [0, 0.1) is 5.82 Å². The molecule has 3 aromatic carbocycles. The van der Waals surface area contributed by atoms with Gasteiger partial charge in [-0.05, 0) is 54.1 Å². The van der Waals surface area contributed by atoms with Gasteiger partial charge >= 0.3 is 0 Å². The molecule has 3 aromatic rings. The Morgan fingerprint density at radius 2 is 1.60 bits per heavy atom. The van der Waals surface area contributed by atoms with E-state index < -0.39 is 11.9 Å². The number of hydrogen-bond donors (Lipinski definition) is 0. The first kappa shape index (κ1) is 28.6. The summed E-state index contributed by atoms with van der Waals surface area (Å²) in [6.07, 6.45) is 0.366. The lowest BCUT2D eigenvalue weighted by molar-refractivity contribution is -0.133. The minimum atomic E-state index is -0.504. The van der Waals surface area contributed by atoms with Gasteiger partial charge in [0.15, 0.2) is 0 Å². The van der Waals surface area contributed by atoms with E-state index in [9.17, 15) is 14.0 Å². The van der Waals surface area contributed by atoms with Gasteiger partial charge in [0.2, 0.25) is 0 Å². The highest BCUT2D eigenvalue weighted by Gasteiger charge is 2.35. The molecule has 0 aliphatic carbocycles. The Hall–Kier alpha value is -4.44. The van der Waals surface area contributed by atoms with Crippen LogP contribution in [0.3, 0.4) is 0 Å². The molecular weight excluding hydrogens is 517 g/mol. The van der Waals surface area contributed by atoms with Crippen molar-refractivity contribution in [3.63, 3.8) is 0 Å². The molecule has 9 nitrogen and oxygen atoms in total. The summed E-state index contributed by atoms with van der Waals surface area (Å²) in [5, 5.41) is 6.06. The van der Waals surface area contributed by atoms with Crippen LogP contribution < -0.4 is 14.2 Å². The second-order valence-electron chi connectivity index (χ2n) is 9.07. The number of carbonyl (C=O) groups excluding carboxylic acids is 2. The van der Waals surface area contributed by atoms with Crippen molar-refractivity contribution in [1.29, 1.82) is 0 Å². The molecule has 0 spiro atoms. The van der Waals surface area contributed by atoms with E-state index in [2.05, 4.69) is 0 Å². The first-order valence-electron chi connectivity index (χ1n) is 12.7. The summed E-state index contributed by atoms with van der Waals surface area (Å²) in [6.45, 7) is 0.210. The normalized spacial score (nSPS) is 14.5. The number of halogens is 1. The highest BCUT2D eigenvalue weighted by molar-refractivity contribution is 6.05. The molecule has 1 aliphatic heterocycles. The molecule has 0 aromatic heterocycles. The summed E-state index contributed by atoms with van der Waals surface area (Å²) in [7, 11) is 6.19. The standard InChI is InChI=1S/C30H32FN3O6/c1-37-16-15-33(30(36)21-7-11-23(38-2)12-8-21)19-29(35)34-27(20-5-9-22(31)10-6-20)18-26(32-34)25-14-13-24(39-3)17-28(25)40-4/h5-14,17,27H,15-16,18-19H2,1-4H3/t27-/m1/s1. The first-order valence-corrected chi connectivity index (χ1v) is 12.7. The monoisotopic (exact) mass is 549 g/mol. The van der Waals surface area contributed by atoms with E-state index in [-0.39, 0.29) is 31.4 Å². The number of carbonyl (C=O) groups is 2. The molecule has 40 heavy (non-hydrogen) atoms. The number of rotatable bonds is 11. The van der Waals surface area contributed by atoms with Gasteiger partial charge in [0.05, 0.1) is 39.7 Å². The Morgan fingerprint density at radius 3 is 2.23 bits per heavy atom. The van der Waals surface area contributed by atoms with Crippen LogP contribution in [0.25, 0.3) is 0 Å². The van der Waals surface area contributed by atoms with E-state index >= 15 is 0 Å². The van der Waals surface area contributed by atoms with Crippen LogP contribution in [0.2, 0.25) is 0 Å². The lowest BCUT2D eigenvalue weighted by Gasteiger charge is -2.27. The summed E-state index contributed by atoms with van der Waals surface area (Å²) < 4.78 is 35.0. The zero-order valence-electron chi connectivity index (χ0n) is 22.9. The fraction of sp³-hybridized carbons (Fsp3) is 0.300. The molecule has 2 amide bonds. The van der Waals surface area contributed by atoms with Gasteiger partial charge in [-0.15, -0.1) is 0 Å². The van der Waals surface area contributed by atoms with Gasteiger partial charge in [-0.1, -0.05) is 12.1 Å². The van der Waals surface area contributed by atoms with Crippen LogP contribution in [0.15, 0.2) is 71.8 Å². The smallest absolute Gasteiger partial charge is 0.262 e. The molecule has 0 bridgehead atoms. The topological polar surface area (TPSA) is 89.9 Å². The van der Waals surface area contributed by atoms with Gasteiger partial charge in [-0.3, -0.25) is 9.59 Å². The number of hydrogen-bond acceptors (Lipinski definition) is 7. The molecule has 1 atom stereocenters. The van der Waals surface area contributed by atoms with Crippen LogP contribution >= 0.6 is 0 Å². The Kier molecular flexibility index (Phi) is 9.34. The highest BCUT2D eigenvalue weighted by atomic mass is 19.1. The van der Waals surface area contributed by atoms with Crippen molar-refractivity contribution in [2.45, 2.75) is 12.5 Å². The van der Waals surface area contributed by atoms with Gasteiger partial charge < -0.3 is 23.8 Å². The number of amides is 2. The predicted molar refractivity (Wildman–Crippen MR) is 147 cm³/mol. The molecular formula is C30H32FN3O6. The average Bonchev–Trinajstić information content (AvgIpc) is 3.44. The first-order chi connectivity index (χ1) is 19.4. The summed E-state index contributed by atoms with van der Waals surface area (Å²) in [5.41, 5.74) is 2.45. The summed E-state index contributed by atoms with van der Waals surface area (Å²) in [4.78, 5) is 28.6. The van der Waals surface area contributed by atoms with Crippen LogP contribution in [-0.2, 0) is 9.53 Å². The SMILES string of the molecule is COCCN(CC(=O)N1N=C(c2ccc(OC)cc2OC)C[C@@H]1c1ccc(F)cc1)C(=O)c1ccc(OC)cc1. The fourth-order valence-electron chi connectivity index (χ4n) is 4.49. The zero-order valence-corrected chi connectivity index (χ0v) is 22.9.